The van der Waals surface area contributed by atoms with Gasteiger partial charge < -0.3 is 5.32 Å². The first-order valence-corrected chi connectivity index (χ1v) is 6.23. The van der Waals surface area contributed by atoms with Crippen LogP contribution in [0.5, 0.6) is 0 Å². The van der Waals surface area contributed by atoms with Gasteiger partial charge in [0.1, 0.15) is 0 Å². The molecule has 1 aromatic carbocycles. The molecule has 1 aliphatic rings. The average Bonchev–Trinajstić information content (AvgIpc) is 3.05. The number of halogens is 1. The van der Waals surface area contributed by atoms with Crippen molar-refractivity contribution in [2.45, 2.75) is 32.7 Å². The summed E-state index contributed by atoms with van der Waals surface area (Å²) in [7, 11) is 0. The van der Waals surface area contributed by atoms with Gasteiger partial charge in [0.2, 0.25) is 0 Å². The van der Waals surface area contributed by atoms with Crippen LogP contribution in [0.1, 0.15) is 30.9 Å². The summed E-state index contributed by atoms with van der Waals surface area (Å²) in [5, 5.41) is 4.36. The van der Waals surface area contributed by atoms with Crippen molar-refractivity contribution in [2.75, 3.05) is 6.54 Å². The van der Waals surface area contributed by atoms with Gasteiger partial charge in [-0.05, 0) is 55.5 Å². The predicted molar refractivity (Wildman–Crippen MR) is 70.9 cm³/mol. The van der Waals surface area contributed by atoms with Crippen molar-refractivity contribution in [3.05, 3.63) is 40.4 Å². The topological polar surface area (TPSA) is 12.0 Å². The molecule has 0 saturated heterocycles. The Morgan fingerprint density at radius 3 is 2.81 bits per heavy atom. The Bertz CT molecular complexity index is 405. The zero-order chi connectivity index (χ0) is 11.5. The molecule has 1 fully saturated rings. The van der Waals surface area contributed by atoms with E-state index in [1.807, 2.05) is 12.1 Å². The molecule has 0 aliphatic heterocycles. The molecule has 1 aliphatic carbocycles. The number of benzene rings is 1. The van der Waals surface area contributed by atoms with E-state index in [0.717, 1.165) is 17.6 Å². The van der Waals surface area contributed by atoms with E-state index in [2.05, 4.69) is 31.3 Å². The zero-order valence-corrected chi connectivity index (χ0v) is 10.6. The summed E-state index contributed by atoms with van der Waals surface area (Å²) < 4.78 is 0. The first-order valence-electron chi connectivity index (χ1n) is 5.86. The van der Waals surface area contributed by atoms with Gasteiger partial charge >= 0.3 is 0 Å². The van der Waals surface area contributed by atoms with Gasteiger partial charge in [-0.25, -0.2) is 0 Å². The largest absolute Gasteiger partial charge is 0.310 e. The van der Waals surface area contributed by atoms with Crippen LogP contribution in [0.4, 0.5) is 0 Å². The van der Waals surface area contributed by atoms with Crippen LogP contribution in [-0.2, 0) is 0 Å². The van der Waals surface area contributed by atoms with Gasteiger partial charge in [0.05, 0.1) is 0 Å². The van der Waals surface area contributed by atoms with Crippen molar-refractivity contribution in [1.29, 1.82) is 0 Å². The standard InChI is InChI=1S/C14H18ClN/c1-3-11(9-16-13-5-6-13)14-7-4-12(15)8-10(14)2/h3-4,7-8,13,16H,5-6,9H2,1-2H3/b11-3-. The molecule has 0 atom stereocenters. The molecule has 2 rings (SSSR count). The van der Waals surface area contributed by atoms with Crippen molar-refractivity contribution >= 4 is 17.2 Å². The monoisotopic (exact) mass is 235 g/mol. The Kier molecular flexibility index (Phi) is 3.67. The predicted octanol–water partition coefficient (Wildman–Crippen LogP) is 3.80. The number of hydrogen-bond acceptors (Lipinski definition) is 1. The van der Waals surface area contributed by atoms with Crippen LogP contribution >= 0.6 is 11.6 Å². The lowest BCUT2D eigenvalue weighted by Crippen LogP contribution is -2.18. The average molecular weight is 236 g/mol. The summed E-state index contributed by atoms with van der Waals surface area (Å²) in [6, 6.07) is 6.85. The van der Waals surface area contributed by atoms with Crippen LogP contribution in [0.2, 0.25) is 5.02 Å². The van der Waals surface area contributed by atoms with Gasteiger partial charge in [0.15, 0.2) is 0 Å². The van der Waals surface area contributed by atoms with E-state index >= 15 is 0 Å². The van der Waals surface area contributed by atoms with Crippen molar-refractivity contribution in [3.8, 4) is 0 Å². The fourth-order valence-corrected chi connectivity index (χ4v) is 2.11. The molecule has 2 heteroatoms. The number of rotatable bonds is 4. The van der Waals surface area contributed by atoms with Gasteiger partial charge in [0, 0.05) is 17.6 Å². The Hall–Kier alpha value is -0.790. The molecule has 0 unspecified atom stereocenters. The van der Waals surface area contributed by atoms with Crippen LogP contribution in [0.3, 0.4) is 0 Å². The highest BCUT2D eigenvalue weighted by Gasteiger charge is 2.20. The molecule has 1 aromatic rings. The van der Waals surface area contributed by atoms with Crippen molar-refractivity contribution in [3.63, 3.8) is 0 Å². The summed E-state index contributed by atoms with van der Waals surface area (Å²) in [4.78, 5) is 0. The molecule has 0 spiro atoms. The van der Waals surface area contributed by atoms with Gasteiger partial charge in [-0.1, -0.05) is 23.7 Å². The highest BCUT2D eigenvalue weighted by molar-refractivity contribution is 6.30. The lowest BCUT2D eigenvalue weighted by molar-refractivity contribution is 0.760. The van der Waals surface area contributed by atoms with Crippen LogP contribution in [0.25, 0.3) is 5.57 Å². The Balaban J connectivity index is 2.12. The first-order chi connectivity index (χ1) is 7.70. The second-order valence-corrected chi connectivity index (χ2v) is 4.86. The van der Waals surface area contributed by atoms with Crippen LogP contribution < -0.4 is 5.32 Å². The number of allylic oxidation sites excluding steroid dienone is 1. The summed E-state index contributed by atoms with van der Waals surface area (Å²) in [6.07, 6.45) is 4.85. The smallest absolute Gasteiger partial charge is 0.0409 e. The third kappa shape index (κ3) is 2.87. The molecule has 0 amide bonds. The fraction of sp³-hybridized carbons (Fsp3) is 0.429. The Morgan fingerprint density at radius 1 is 1.50 bits per heavy atom. The van der Waals surface area contributed by atoms with E-state index < -0.39 is 0 Å². The van der Waals surface area contributed by atoms with Gasteiger partial charge in [-0.15, -0.1) is 0 Å². The van der Waals surface area contributed by atoms with E-state index in [9.17, 15) is 0 Å². The summed E-state index contributed by atoms with van der Waals surface area (Å²) >= 11 is 5.97. The molecule has 1 nitrogen and oxygen atoms in total. The van der Waals surface area contributed by atoms with Crippen molar-refractivity contribution in [1.82, 2.24) is 5.32 Å². The van der Waals surface area contributed by atoms with E-state index in [4.69, 9.17) is 11.6 Å². The molecule has 0 aromatic heterocycles. The second kappa shape index (κ2) is 5.03. The minimum absolute atomic E-state index is 0.752. The minimum Gasteiger partial charge on any atom is -0.310 e. The molecular weight excluding hydrogens is 218 g/mol. The number of nitrogens with one attached hydrogen (secondary N) is 1. The summed E-state index contributed by atoms with van der Waals surface area (Å²) in [6.45, 7) is 5.17. The van der Waals surface area contributed by atoms with E-state index in [1.165, 1.54) is 29.5 Å². The number of hydrogen-bond donors (Lipinski definition) is 1. The van der Waals surface area contributed by atoms with Gasteiger partial charge in [-0.2, -0.15) is 0 Å². The number of aryl methyl sites for hydroxylation is 1. The molecule has 1 saturated carbocycles. The molecule has 0 radical (unpaired) electrons. The quantitative estimate of drug-likeness (QED) is 0.837. The maximum atomic E-state index is 5.97. The fourth-order valence-electron chi connectivity index (χ4n) is 1.88. The zero-order valence-electron chi connectivity index (χ0n) is 9.89. The molecule has 16 heavy (non-hydrogen) atoms. The minimum atomic E-state index is 0.752. The lowest BCUT2D eigenvalue weighted by atomic mass is 10.0. The molecule has 86 valence electrons. The highest BCUT2D eigenvalue weighted by atomic mass is 35.5. The van der Waals surface area contributed by atoms with Crippen LogP contribution in [-0.4, -0.2) is 12.6 Å². The Labute approximate surface area is 103 Å². The van der Waals surface area contributed by atoms with E-state index in [0.29, 0.717) is 0 Å². The summed E-state index contributed by atoms with van der Waals surface area (Å²) in [5.74, 6) is 0. The van der Waals surface area contributed by atoms with E-state index in [1.54, 1.807) is 0 Å². The van der Waals surface area contributed by atoms with Gasteiger partial charge in [0.25, 0.3) is 0 Å². The molecule has 1 N–H and O–H groups in total. The molecule has 0 bridgehead atoms. The normalized spacial score (nSPS) is 16.6. The van der Waals surface area contributed by atoms with Crippen LogP contribution in [0, 0.1) is 6.92 Å². The maximum Gasteiger partial charge on any atom is 0.0409 e. The lowest BCUT2D eigenvalue weighted by Gasteiger charge is -2.11. The van der Waals surface area contributed by atoms with Crippen LogP contribution in [0.15, 0.2) is 24.3 Å². The first kappa shape index (κ1) is 11.7. The third-order valence-corrected chi connectivity index (χ3v) is 3.28. The van der Waals surface area contributed by atoms with Crippen molar-refractivity contribution < 1.29 is 0 Å². The molecule has 0 heterocycles. The Morgan fingerprint density at radius 2 is 2.25 bits per heavy atom. The third-order valence-electron chi connectivity index (χ3n) is 3.04. The van der Waals surface area contributed by atoms with E-state index in [-0.39, 0.29) is 0 Å². The summed E-state index contributed by atoms with van der Waals surface area (Å²) in [5.41, 5.74) is 3.92. The molecular formula is C14H18ClN. The van der Waals surface area contributed by atoms with Gasteiger partial charge in [-0.3, -0.25) is 0 Å². The van der Waals surface area contributed by atoms with Crippen molar-refractivity contribution in [2.24, 2.45) is 0 Å². The highest BCUT2D eigenvalue weighted by Crippen LogP contribution is 2.24. The second-order valence-electron chi connectivity index (χ2n) is 4.43. The SMILES string of the molecule is C/C=C(/CNC1CC1)c1ccc(Cl)cc1C. The maximum absolute atomic E-state index is 5.97.